The molecule has 0 radical (unpaired) electrons. The Bertz CT molecular complexity index is 1020. The molecule has 1 amide bonds. The number of carbonyl (C=O) groups is 1. The van der Waals surface area contributed by atoms with Crippen LogP contribution in [0.1, 0.15) is 28.6 Å². The van der Waals surface area contributed by atoms with Gasteiger partial charge in [-0.05, 0) is 35.4 Å². The van der Waals surface area contributed by atoms with Crippen LogP contribution in [0.2, 0.25) is 0 Å². The number of nitriles is 1. The number of aromatic nitrogens is 2. The number of carbonyl (C=O) groups excluding carboxylic acids is 1. The van der Waals surface area contributed by atoms with Crippen LogP contribution in [0.5, 0.6) is 0 Å². The molecule has 27 heavy (non-hydrogen) atoms. The number of nitrogens with zero attached hydrogens (tertiary/aromatic N) is 3. The van der Waals surface area contributed by atoms with Crippen molar-refractivity contribution in [3.63, 3.8) is 0 Å². The van der Waals surface area contributed by atoms with E-state index in [-0.39, 0.29) is 11.7 Å². The van der Waals surface area contributed by atoms with E-state index < -0.39 is 6.04 Å². The molecule has 0 bridgehead atoms. The highest BCUT2D eigenvalue weighted by Gasteiger charge is 2.20. The molecule has 0 aliphatic rings. The lowest BCUT2D eigenvalue weighted by atomic mass is 10.1. The fourth-order valence-electron chi connectivity index (χ4n) is 2.71. The minimum absolute atomic E-state index is 0.347. The molecule has 2 aromatic carbocycles. The van der Waals surface area contributed by atoms with Crippen LogP contribution in [0.4, 0.5) is 4.39 Å². The molecule has 1 heterocycles. The summed E-state index contributed by atoms with van der Waals surface area (Å²) in [5.74, 6) is -0.0717. The first kappa shape index (κ1) is 18.1. The maximum absolute atomic E-state index is 13.3. The summed E-state index contributed by atoms with van der Waals surface area (Å²) in [4.78, 5) is 16.8. The molecule has 0 fully saturated rings. The van der Waals surface area contributed by atoms with Crippen molar-refractivity contribution >= 4 is 12.0 Å². The maximum atomic E-state index is 13.3. The number of nitrogens with one attached hydrogen (secondary N) is 1. The minimum atomic E-state index is -0.533. The summed E-state index contributed by atoms with van der Waals surface area (Å²) in [6, 6.07) is 14.5. The van der Waals surface area contributed by atoms with E-state index in [2.05, 4.69) is 16.4 Å². The van der Waals surface area contributed by atoms with E-state index in [1.165, 1.54) is 18.2 Å². The van der Waals surface area contributed by atoms with E-state index in [1.807, 2.05) is 7.05 Å². The van der Waals surface area contributed by atoms with Crippen molar-refractivity contribution in [1.29, 1.82) is 5.26 Å². The summed E-state index contributed by atoms with van der Waals surface area (Å²) in [6.07, 6.45) is 6.37. The zero-order chi connectivity index (χ0) is 19.2. The molecule has 1 atom stereocenters. The molecular weight excluding hydrogens is 343 g/mol. The van der Waals surface area contributed by atoms with Gasteiger partial charge in [0, 0.05) is 25.5 Å². The summed E-state index contributed by atoms with van der Waals surface area (Å²) in [5, 5.41) is 12.0. The van der Waals surface area contributed by atoms with Crippen molar-refractivity contribution in [2.24, 2.45) is 7.05 Å². The van der Waals surface area contributed by atoms with Crippen LogP contribution in [0, 0.1) is 17.1 Å². The first-order valence-electron chi connectivity index (χ1n) is 8.29. The Morgan fingerprint density at radius 2 is 2.00 bits per heavy atom. The van der Waals surface area contributed by atoms with Gasteiger partial charge in [0.2, 0.25) is 5.91 Å². The van der Waals surface area contributed by atoms with E-state index in [4.69, 9.17) is 5.26 Å². The van der Waals surface area contributed by atoms with Crippen LogP contribution in [0.15, 0.2) is 67.0 Å². The molecule has 0 aliphatic heterocycles. The van der Waals surface area contributed by atoms with Crippen molar-refractivity contribution < 1.29 is 9.18 Å². The number of benzene rings is 2. The van der Waals surface area contributed by atoms with E-state index in [1.54, 1.807) is 59.4 Å². The molecule has 3 aromatic rings. The molecular formula is C21H17FN4O. The summed E-state index contributed by atoms with van der Waals surface area (Å²) in [7, 11) is 1.82. The summed E-state index contributed by atoms with van der Waals surface area (Å²) >= 11 is 0. The molecule has 5 nitrogen and oxygen atoms in total. The smallest absolute Gasteiger partial charge is 0.244 e. The Kier molecular flexibility index (Phi) is 5.43. The van der Waals surface area contributed by atoms with Crippen LogP contribution in [0.3, 0.4) is 0 Å². The zero-order valence-electron chi connectivity index (χ0n) is 14.6. The third-order valence-electron chi connectivity index (χ3n) is 4.10. The molecule has 1 aromatic heterocycles. The number of aryl methyl sites for hydroxylation is 1. The number of halogens is 1. The van der Waals surface area contributed by atoms with Gasteiger partial charge in [0.05, 0.1) is 11.6 Å². The molecule has 0 aliphatic carbocycles. The monoisotopic (exact) mass is 360 g/mol. The Morgan fingerprint density at radius 1 is 1.26 bits per heavy atom. The third kappa shape index (κ3) is 4.28. The van der Waals surface area contributed by atoms with E-state index >= 15 is 0 Å². The number of imidazole rings is 1. The maximum Gasteiger partial charge on any atom is 0.244 e. The molecule has 1 N–H and O–H groups in total. The number of hydrogen-bond donors (Lipinski definition) is 1. The Hall–Kier alpha value is -3.72. The van der Waals surface area contributed by atoms with Crippen LogP contribution in [-0.4, -0.2) is 15.5 Å². The van der Waals surface area contributed by atoms with Gasteiger partial charge < -0.3 is 9.88 Å². The average molecular weight is 360 g/mol. The summed E-state index contributed by atoms with van der Waals surface area (Å²) in [5.41, 5.74) is 1.86. The van der Waals surface area contributed by atoms with Crippen molar-refractivity contribution in [2.75, 3.05) is 0 Å². The van der Waals surface area contributed by atoms with Gasteiger partial charge in [-0.1, -0.05) is 30.3 Å². The fourth-order valence-corrected chi connectivity index (χ4v) is 2.71. The van der Waals surface area contributed by atoms with Crippen LogP contribution < -0.4 is 5.32 Å². The fraction of sp³-hybridized carbons (Fsp3) is 0.0952. The Morgan fingerprint density at radius 3 is 2.67 bits per heavy atom. The van der Waals surface area contributed by atoms with Gasteiger partial charge in [0.15, 0.2) is 0 Å². The lowest BCUT2D eigenvalue weighted by Gasteiger charge is -2.18. The number of hydrogen-bond acceptors (Lipinski definition) is 3. The standard InChI is InChI=1S/C21H17FN4O/c1-26-13-12-24-21(26)20(16-6-9-18(22)10-7-16)25-19(27)11-8-15-4-2-3-5-17(15)14-23/h2-13,20H,1H3,(H,25,27)/b11-8+. The summed E-state index contributed by atoms with van der Waals surface area (Å²) in [6.45, 7) is 0. The zero-order valence-corrected chi connectivity index (χ0v) is 14.6. The SMILES string of the molecule is Cn1ccnc1C(NC(=O)/C=C/c1ccccc1C#N)c1ccc(F)cc1. The van der Waals surface area contributed by atoms with E-state index in [0.29, 0.717) is 22.5 Å². The first-order valence-corrected chi connectivity index (χ1v) is 8.29. The van der Waals surface area contributed by atoms with Gasteiger partial charge in [0.1, 0.15) is 17.7 Å². The number of rotatable bonds is 5. The summed E-state index contributed by atoms with van der Waals surface area (Å²) < 4.78 is 15.1. The molecule has 134 valence electrons. The number of amides is 1. The largest absolute Gasteiger partial charge is 0.339 e. The molecule has 1 unspecified atom stereocenters. The molecule has 0 spiro atoms. The highest BCUT2D eigenvalue weighted by molar-refractivity contribution is 5.92. The van der Waals surface area contributed by atoms with Gasteiger partial charge in [-0.3, -0.25) is 4.79 Å². The van der Waals surface area contributed by atoms with Crippen molar-refractivity contribution in [3.05, 3.63) is 95.3 Å². The highest BCUT2D eigenvalue weighted by Crippen LogP contribution is 2.21. The minimum Gasteiger partial charge on any atom is -0.339 e. The molecule has 0 saturated heterocycles. The second-order valence-corrected chi connectivity index (χ2v) is 5.92. The van der Waals surface area contributed by atoms with Crippen LogP contribution in [-0.2, 0) is 11.8 Å². The highest BCUT2D eigenvalue weighted by atomic mass is 19.1. The molecule has 3 rings (SSSR count). The van der Waals surface area contributed by atoms with Crippen LogP contribution in [0.25, 0.3) is 6.08 Å². The van der Waals surface area contributed by atoms with Crippen molar-refractivity contribution in [1.82, 2.24) is 14.9 Å². The topological polar surface area (TPSA) is 70.7 Å². The average Bonchev–Trinajstić information content (AvgIpc) is 3.11. The van der Waals surface area contributed by atoms with Gasteiger partial charge >= 0.3 is 0 Å². The van der Waals surface area contributed by atoms with Gasteiger partial charge in [-0.25, -0.2) is 9.37 Å². The van der Waals surface area contributed by atoms with E-state index in [9.17, 15) is 9.18 Å². The Labute approximate surface area is 156 Å². The predicted octanol–water partition coefficient (Wildman–Crippen LogP) is 3.35. The lowest BCUT2D eigenvalue weighted by Crippen LogP contribution is -2.29. The van der Waals surface area contributed by atoms with Crippen LogP contribution >= 0.6 is 0 Å². The lowest BCUT2D eigenvalue weighted by molar-refractivity contribution is -0.117. The van der Waals surface area contributed by atoms with Gasteiger partial charge in [-0.15, -0.1) is 0 Å². The second kappa shape index (κ2) is 8.11. The third-order valence-corrected chi connectivity index (χ3v) is 4.10. The molecule has 6 heteroatoms. The second-order valence-electron chi connectivity index (χ2n) is 5.92. The first-order chi connectivity index (χ1) is 13.1. The Balaban J connectivity index is 1.85. The van der Waals surface area contributed by atoms with Crippen molar-refractivity contribution in [3.8, 4) is 6.07 Å². The van der Waals surface area contributed by atoms with Gasteiger partial charge in [-0.2, -0.15) is 5.26 Å². The quantitative estimate of drug-likeness (QED) is 0.710. The van der Waals surface area contributed by atoms with E-state index in [0.717, 1.165) is 0 Å². The van der Waals surface area contributed by atoms with Gasteiger partial charge in [0.25, 0.3) is 0 Å². The molecule has 0 saturated carbocycles. The predicted molar refractivity (Wildman–Crippen MR) is 99.8 cm³/mol. The van der Waals surface area contributed by atoms with Crippen molar-refractivity contribution in [2.45, 2.75) is 6.04 Å². The normalized spacial score (nSPS) is 11.9.